The van der Waals surface area contributed by atoms with Gasteiger partial charge in [0.1, 0.15) is 25.3 Å². The van der Waals surface area contributed by atoms with Crippen LogP contribution in [0.2, 0.25) is 0 Å². The molecule has 0 aliphatic heterocycles. The fraction of sp³-hybridized carbons (Fsp3) is 0.400. The lowest BCUT2D eigenvalue weighted by Gasteiger charge is -2.26. The topological polar surface area (TPSA) is 93.7 Å². The van der Waals surface area contributed by atoms with Gasteiger partial charge in [0.25, 0.3) is 0 Å². The third kappa shape index (κ3) is 8.06. The van der Waals surface area contributed by atoms with Gasteiger partial charge in [-0.2, -0.15) is 0 Å². The molecule has 2 aromatic rings. The molecule has 2 rings (SSSR count). The van der Waals surface area contributed by atoms with Crippen molar-refractivity contribution in [1.82, 2.24) is 10.6 Å². The van der Waals surface area contributed by atoms with Crippen molar-refractivity contribution >= 4 is 18.0 Å². The number of amides is 2. The standard InChI is InChI=1S/C25H32N2O5/c1-17(2)21(27-25(30)32-16-20-13-9-6-10-14-20)23(28)26-22(18(3)4)24(29)31-15-19-11-7-5-8-12-19/h5-14,17-18,21-22H,15-16H2,1-4H3,(H,26,28)(H,27,30)/t21-,22-/m0/s1. The van der Waals surface area contributed by atoms with Gasteiger partial charge in [-0.25, -0.2) is 9.59 Å². The number of rotatable bonds is 10. The molecule has 0 bridgehead atoms. The molecule has 0 aliphatic carbocycles. The molecule has 0 aliphatic rings. The molecule has 0 aromatic heterocycles. The molecule has 7 nitrogen and oxygen atoms in total. The summed E-state index contributed by atoms with van der Waals surface area (Å²) < 4.78 is 10.6. The second-order valence-corrected chi connectivity index (χ2v) is 8.25. The highest BCUT2D eigenvalue weighted by atomic mass is 16.5. The predicted molar refractivity (Wildman–Crippen MR) is 121 cm³/mol. The van der Waals surface area contributed by atoms with Gasteiger partial charge in [-0.3, -0.25) is 4.79 Å². The van der Waals surface area contributed by atoms with Crippen molar-refractivity contribution < 1.29 is 23.9 Å². The molecule has 2 atom stereocenters. The van der Waals surface area contributed by atoms with E-state index in [1.54, 1.807) is 13.8 Å². The van der Waals surface area contributed by atoms with Gasteiger partial charge in [0.15, 0.2) is 0 Å². The molecule has 0 unspecified atom stereocenters. The molecule has 0 heterocycles. The summed E-state index contributed by atoms with van der Waals surface area (Å²) in [4.78, 5) is 37.8. The van der Waals surface area contributed by atoms with Gasteiger partial charge < -0.3 is 20.1 Å². The van der Waals surface area contributed by atoms with Crippen molar-refractivity contribution in [3.63, 3.8) is 0 Å². The number of hydrogen-bond donors (Lipinski definition) is 2. The van der Waals surface area contributed by atoms with E-state index in [2.05, 4.69) is 10.6 Å². The van der Waals surface area contributed by atoms with Gasteiger partial charge in [0, 0.05) is 0 Å². The summed E-state index contributed by atoms with van der Waals surface area (Å²) in [5.74, 6) is -1.40. The average Bonchev–Trinajstić information content (AvgIpc) is 2.78. The van der Waals surface area contributed by atoms with Gasteiger partial charge in [-0.1, -0.05) is 88.4 Å². The van der Waals surface area contributed by atoms with E-state index in [-0.39, 0.29) is 25.0 Å². The van der Waals surface area contributed by atoms with E-state index in [0.717, 1.165) is 11.1 Å². The molecule has 7 heteroatoms. The first-order chi connectivity index (χ1) is 15.3. The maximum atomic E-state index is 12.9. The van der Waals surface area contributed by atoms with E-state index in [9.17, 15) is 14.4 Å². The Kier molecular flexibility index (Phi) is 9.73. The highest BCUT2D eigenvalue weighted by Crippen LogP contribution is 2.10. The van der Waals surface area contributed by atoms with Gasteiger partial charge in [0.2, 0.25) is 5.91 Å². The molecule has 0 saturated carbocycles. The zero-order valence-electron chi connectivity index (χ0n) is 19.0. The van der Waals surface area contributed by atoms with E-state index < -0.39 is 30.1 Å². The minimum absolute atomic E-state index is 0.0968. The third-order valence-electron chi connectivity index (χ3n) is 4.88. The number of carbonyl (C=O) groups is 3. The predicted octanol–water partition coefficient (Wildman–Crippen LogP) is 3.82. The Hall–Kier alpha value is -3.35. The quantitative estimate of drug-likeness (QED) is 0.548. The summed E-state index contributed by atoms with van der Waals surface area (Å²) in [6.07, 6.45) is -0.699. The Morgan fingerprint density at radius 1 is 0.688 bits per heavy atom. The first-order valence-corrected chi connectivity index (χ1v) is 10.8. The van der Waals surface area contributed by atoms with Crippen LogP contribution in [0.3, 0.4) is 0 Å². The maximum Gasteiger partial charge on any atom is 0.408 e. The SMILES string of the molecule is CC(C)[C@H](NC(=O)OCc1ccccc1)C(=O)N[C@H](C(=O)OCc1ccccc1)C(C)C. The Morgan fingerprint density at radius 2 is 1.16 bits per heavy atom. The second-order valence-electron chi connectivity index (χ2n) is 8.25. The molecule has 0 fully saturated rings. The Labute approximate surface area is 189 Å². The zero-order chi connectivity index (χ0) is 23.5. The van der Waals surface area contributed by atoms with Crippen molar-refractivity contribution in [3.05, 3.63) is 71.8 Å². The maximum absolute atomic E-state index is 12.9. The fourth-order valence-corrected chi connectivity index (χ4v) is 2.99. The van der Waals surface area contributed by atoms with Crippen molar-refractivity contribution in [3.8, 4) is 0 Å². The van der Waals surface area contributed by atoms with E-state index in [1.165, 1.54) is 0 Å². The Bertz CT molecular complexity index is 868. The molecule has 0 spiro atoms. The Balaban J connectivity index is 1.94. The summed E-state index contributed by atoms with van der Waals surface area (Å²) in [5.41, 5.74) is 1.70. The highest BCUT2D eigenvalue weighted by Gasteiger charge is 2.31. The first-order valence-electron chi connectivity index (χ1n) is 10.8. The Morgan fingerprint density at radius 3 is 1.62 bits per heavy atom. The van der Waals surface area contributed by atoms with Gasteiger partial charge in [0.05, 0.1) is 0 Å². The largest absolute Gasteiger partial charge is 0.459 e. The monoisotopic (exact) mass is 440 g/mol. The van der Waals surface area contributed by atoms with Crippen LogP contribution in [-0.2, 0) is 32.3 Å². The average molecular weight is 441 g/mol. The minimum Gasteiger partial charge on any atom is -0.459 e. The number of carbonyl (C=O) groups excluding carboxylic acids is 3. The first kappa shape index (κ1) is 24.9. The molecule has 2 amide bonds. The molecule has 32 heavy (non-hydrogen) atoms. The van der Waals surface area contributed by atoms with Crippen molar-refractivity contribution in [2.45, 2.75) is 53.0 Å². The second kappa shape index (κ2) is 12.5. The van der Waals surface area contributed by atoms with Crippen LogP contribution < -0.4 is 10.6 Å². The normalized spacial score (nSPS) is 12.7. The summed E-state index contributed by atoms with van der Waals surface area (Å²) in [5, 5.41) is 5.33. The molecular weight excluding hydrogens is 408 g/mol. The van der Waals surface area contributed by atoms with Crippen LogP contribution in [0, 0.1) is 11.8 Å². The summed E-state index contributed by atoms with van der Waals surface area (Å²) >= 11 is 0. The number of nitrogens with one attached hydrogen (secondary N) is 2. The molecule has 172 valence electrons. The van der Waals surface area contributed by atoms with Crippen LogP contribution in [0.5, 0.6) is 0 Å². The van der Waals surface area contributed by atoms with E-state index >= 15 is 0 Å². The van der Waals surface area contributed by atoms with Gasteiger partial charge >= 0.3 is 12.1 Å². The number of ether oxygens (including phenoxy) is 2. The van der Waals surface area contributed by atoms with Crippen LogP contribution in [0.1, 0.15) is 38.8 Å². The zero-order valence-corrected chi connectivity index (χ0v) is 19.0. The highest BCUT2D eigenvalue weighted by molar-refractivity contribution is 5.90. The number of esters is 1. The lowest BCUT2D eigenvalue weighted by molar-refractivity contribution is -0.150. The van der Waals surface area contributed by atoms with Crippen LogP contribution in [0.15, 0.2) is 60.7 Å². The van der Waals surface area contributed by atoms with Crippen molar-refractivity contribution in [1.29, 1.82) is 0 Å². The minimum atomic E-state index is -0.860. The van der Waals surface area contributed by atoms with Gasteiger partial charge in [-0.05, 0) is 23.0 Å². The van der Waals surface area contributed by atoms with E-state index in [1.807, 2.05) is 74.5 Å². The molecule has 0 radical (unpaired) electrons. The van der Waals surface area contributed by atoms with Crippen LogP contribution in [0.4, 0.5) is 4.79 Å². The third-order valence-corrected chi connectivity index (χ3v) is 4.88. The van der Waals surface area contributed by atoms with Gasteiger partial charge in [-0.15, -0.1) is 0 Å². The van der Waals surface area contributed by atoms with Crippen molar-refractivity contribution in [2.75, 3.05) is 0 Å². The lowest BCUT2D eigenvalue weighted by Crippen LogP contribution is -2.55. The number of benzene rings is 2. The molecular formula is C25H32N2O5. The van der Waals surface area contributed by atoms with E-state index in [4.69, 9.17) is 9.47 Å². The van der Waals surface area contributed by atoms with Crippen LogP contribution in [0.25, 0.3) is 0 Å². The molecule has 0 saturated heterocycles. The van der Waals surface area contributed by atoms with Crippen molar-refractivity contribution in [2.24, 2.45) is 11.8 Å². The fourth-order valence-electron chi connectivity index (χ4n) is 2.99. The smallest absolute Gasteiger partial charge is 0.408 e. The van der Waals surface area contributed by atoms with Crippen LogP contribution in [-0.4, -0.2) is 30.1 Å². The summed E-state index contributed by atoms with van der Waals surface area (Å²) in [7, 11) is 0. The molecule has 2 N–H and O–H groups in total. The lowest BCUT2D eigenvalue weighted by atomic mass is 10.0. The summed E-state index contributed by atoms with van der Waals surface area (Å²) in [6, 6.07) is 16.9. The number of alkyl carbamates (subject to hydrolysis) is 1. The van der Waals surface area contributed by atoms with E-state index in [0.29, 0.717) is 0 Å². The molecule has 2 aromatic carbocycles. The van der Waals surface area contributed by atoms with Crippen LogP contribution >= 0.6 is 0 Å². The number of hydrogen-bond acceptors (Lipinski definition) is 5. The summed E-state index contributed by atoms with van der Waals surface area (Å²) in [6.45, 7) is 7.47.